The van der Waals surface area contributed by atoms with Crippen LogP contribution in [0.3, 0.4) is 0 Å². The van der Waals surface area contributed by atoms with Gasteiger partial charge in [0, 0.05) is 17.2 Å². The molecule has 2 aromatic carbocycles. The first-order valence-electron chi connectivity index (χ1n) is 12.4. The van der Waals surface area contributed by atoms with E-state index in [2.05, 4.69) is 74.4 Å². The molecule has 0 aliphatic heterocycles. The predicted molar refractivity (Wildman–Crippen MR) is 142 cm³/mol. The van der Waals surface area contributed by atoms with Crippen LogP contribution in [-0.4, -0.2) is 10.9 Å². The third-order valence-corrected chi connectivity index (χ3v) is 6.03. The van der Waals surface area contributed by atoms with Gasteiger partial charge in [0.05, 0.1) is 0 Å². The first kappa shape index (κ1) is 26.9. The number of ketones is 1. The Morgan fingerprint density at radius 1 is 0.848 bits per heavy atom. The normalized spacial score (nSPS) is 13.0. The highest BCUT2D eigenvalue weighted by molar-refractivity contribution is 6.08. The van der Waals surface area contributed by atoms with Crippen LogP contribution in [0, 0.1) is 5.92 Å². The fourth-order valence-corrected chi connectivity index (χ4v) is 3.95. The third-order valence-electron chi connectivity index (χ3n) is 6.03. The van der Waals surface area contributed by atoms with Gasteiger partial charge in [0.15, 0.2) is 5.78 Å². The number of hydrogen-bond acceptors (Lipinski definition) is 2. The lowest BCUT2D eigenvalue weighted by atomic mass is 9.83. The molecule has 2 heteroatoms. The van der Waals surface area contributed by atoms with Crippen LogP contribution in [-0.2, 0) is 23.7 Å². The minimum absolute atomic E-state index is 0.0337. The summed E-state index contributed by atoms with van der Waals surface area (Å²) in [5, 5.41) is 11.0. The average Bonchev–Trinajstić information content (AvgIpc) is 2.69. The summed E-state index contributed by atoms with van der Waals surface area (Å²) in [5.74, 6) is 0.393. The van der Waals surface area contributed by atoms with Crippen LogP contribution in [0.4, 0.5) is 0 Å². The van der Waals surface area contributed by atoms with Crippen molar-refractivity contribution in [2.45, 2.75) is 98.8 Å². The summed E-state index contributed by atoms with van der Waals surface area (Å²) < 4.78 is 0. The van der Waals surface area contributed by atoms with Crippen LogP contribution in [0.2, 0.25) is 0 Å². The van der Waals surface area contributed by atoms with E-state index in [-0.39, 0.29) is 22.4 Å². The summed E-state index contributed by atoms with van der Waals surface area (Å²) >= 11 is 0. The summed E-state index contributed by atoms with van der Waals surface area (Å²) in [6.07, 6.45) is 5.52. The Labute approximate surface area is 202 Å². The van der Waals surface area contributed by atoms with Crippen LogP contribution in [0.15, 0.2) is 42.5 Å². The second-order valence-corrected chi connectivity index (χ2v) is 11.9. The number of unbranched alkanes of at least 4 members (excludes halogenated alkanes) is 1. The Balaban J connectivity index is 2.49. The van der Waals surface area contributed by atoms with Gasteiger partial charge in [-0.15, -0.1) is 0 Å². The van der Waals surface area contributed by atoms with E-state index < -0.39 is 0 Å². The van der Waals surface area contributed by atoms with Gasteiger partial charge in [-0.25, -0.2) is 0 Å². The molecule has 2 nitrogen and oxygen atoms in total. The summed E-state index contributed by atoms with van der Waals surface area (Å²) in [6.45, 7) is 19.6. The molecule has 0 atom stereocenters. The van der Waals surface area contributed by atoms with Crippen molar-refractivity contribution in [2.24, 2.45) is 5.92 Å². The van der Waals surface area contributed by atoms with Crippen molar-refractivity contribution in [3.05, 3.63) is 75.9 Å². The van der Waals surface area contributed by atoms with Crippen molar-refractivity contribution < 1.29 is 9.90 Å². The van der Waals surface area contributed by atoms with Crippen LogP contribution in [0.5, 0.6) is 0 Å². The molecule has 0 aliphatic rings. The van der Waals surface area contributed by atoms with E-state index >= 15 is 0 Å². The van der Waals surface area contributed by atoms with Gasteiger partial charge >= 0.3 is 0 Å². The third kappa shape index (κ3) is 7.88. The number of aryl methyl sites for hydroxylation is 1. The van der Waals surface area contributed by atoms with E-state index in [1.54, 1.807) is 0 Å². The second kappa shape index (κ2) is 10.7. The van der Waals surface area contributed by atoms with E-state index in [0.29, 0.717) is 11.5 Å². The molecule has 2 aromatic rings. The molecule has 0 heterocycles. The molecule has 0 unspecified atom stereocenters. The number of aliphatic hydroxyl groups is 1. The SMILES string of the molecule is CCCCc1cc(/C(O)=C/C(=O)c2cc(CC(C)C)cc(C(C)(C)C)c2)cc(C(C)(C)C)c1. The zero-order valence-corrected chi connectivity index (χ0v) is 22.3. The van der Waals surface area contributed by atoms with E-state index in [1.807, 2.05) is 24.3 Å². The first-order valence-corrected chi connectivity index (χ1v) is 12.4. The highest BCUT2D eigenvalue weighted by atomic mass is 16.3. The van der Waals surface area contributed by atoms with Gasteiger partial charge in [-0.2, -0.15) is 0 Å². The molecule has 0 aromatic heterocycles. The summed E-state index contributed by atoms with van der Waals surface area (Å²) in [7, 11) is 0. The largest absolute Gasteiger partial charge is 0.507 e. The predicted octanol–water partition coefficient (Wildman–Crippen LogP) is 8.60. The lowest BCUT2D eigenvalue weighted by molar-refractivity contribution is 0.104. The number of hydrogen-bond donors (Lipinski definition) is 1. The molecular formula is C31H44O2. The number of carbonyl (C=O) groups excluding carboxylic acids is 1. The number of carbonyl (C=O) groups is 1. The van der Waals surface area contributed by atoms with Gasteiger partial charge in [0.2, 0.25) is 0 Å². The van der Waals surface area contributed by atoms with Crippen molar-refractivity contribution >= 4 is 11.5 Å². The van der Waals surface area contributed by atoms with Crippen LogP contribution >= 0.6 is 0 Å². The average molecular weight is 449 g/mol. The summed E-state index contributed by atoms with van der Waals surface area (Å²) in [6, 6.07) is 12.5. The molecule has 0 fully saturated rings. The molecule has 2 rings (SSSR count). The van der Waals surface area contributed by atoms with Crippen LogP contribution < -0.4 is 0 Å². The second-order valence-electron chi connectivity index (χ2n) is 11.9. The van der Waals surface area contributed by atoms with Gasteiger partial charge < -0.3 is 5.11 Å². The van der Waals surface area contributed by atoms with E-state index in [4.69, 9.17) is 0 Å². The Bertz CT molecular complexity index is 995. The fourth-order valence-electron chi connectivity index (χ4n) is 3.95. The van der Waals surface area contributed by atoms with Gasteiger partial charge in [-0.05, 0) is 82.5 Å². The molecule has 0 radical (unpaired) electrons. The Kier molecular flexibility index (Phi) is 8.74. The quantitative estimate of drug-likeness (QED) is 0.249. The van der Waals surface area contributed by atoms with Gasteiger partial charge in [0.1, 0.15) is 5.76 Å². The molecule has 33 heavy (non-hydrogen) atoms. The molecule has 0 bridgehead atoms. The van der Waals surface area contributed by atoms with Crippen molar-refractivity contribution in [1.82, 2.24) is 0 Å². The van der Waals surface area contributed by atoms with Crippen molar-refractivity contribution in [1.29, 1.82) is 0 Å². The maximum absolute atomic E-state index is 13.2. The number of rotatable bonds is 8. The zero-order chi connectivity index (χ0) is 25.0. The van der Waals surface area contributed by atoms with E-state index in [1.165, 1.54) is 22.8 Å². The van der Waals surface area contributed by atoms with Crippen molar-refractivity contribution in [3.8, 4) is 0 Å². The molecule has 180 valence electrons. The molecule has 0 saturated heterocycles. The fraction of sp³-hybridized carbons (Fsp3) is 0.516. The monoisotopic (exact) mass is 448 g/mol. The first-order chi connectivity index (χ1) is 15.2. The molecule has 0 aliphatic carbocycles. The molecule has 0 spiro atoms. The minimum atomic E-state index is -0.153. The smallest absolute Gasteiger partial charge is 0.189 e. The van der Waals surface area contributed by atoms with Crippen LogP contribution in [0.1, 0.15) is 113 Å². The maximum Gasteiger partial charge on any atom is 0.189 e. The van der Waals surface area contributed by atoms with Gasteiger partial charge in [-0.1, -0.05) is 80.9 Å². The molecule has 1 N–H and O–H groups in total. The Hall–Kier alpha value is -2.35. The number of benzene rings is 2. The number of aliphatic hydroxyl groups excluding tert-OH is 1. The standard InChI is InChI=1S/C31H44O2/c1-10-11-12-22-14-24(18-26(16-22)30(4,5)6)28(32)20-29(33)25-15-23(13-21(2)3)17-27(19-25)31(7,8)9/h14-21,32H,10-13H2,1-9H3/b28-20-. The lowest BCUT2D eigenvalue weighted by Gasteiger charge is -2.22. The van der Waals surface area contributed by atoms with Crippen molar-refractivity contribution in [3.63, 3.8) is 0 Å². The molecular weight excluding hydrogens is 404 g/mol. The lowest BCUT2D eigenvalue weighted by Crippen LogP contribution is -2.14. The van der Waals surface area contributed by atoms with Gasteiger partial charge in [-0.3, -0.25) is 4.79 Å². The Morgan fingerprint density at radius 3 is 1.88 bits per heavy atom. The molecule has 0 saturated carbocycles. The summed E-state index contributed by atoms with van der Waals surface area (Å²) in [5.41, 5.74) is 5.97. The highest BCUT2D eigenvalue weighted by Crippen LogP contribution is 2.29. The molecule has 0 amide bonds. The van der Waals surface area contributed by atoms with Crippen LogP contribution in [0.25, 0.3) is 5.76 Å². The maximum atomic E-state index is 13.2. The highest BCUT2D eigenvalue weighted by Gasteiger charge is 2.19. The van der Waals surface area contributed by atoms with E-state index in [0.717, 1.165) is 36.8 Å². The summed E-state index contributed by atoms with van der Waals surface area (Å²) in [4.78, 5) is 13.2. The van der Waals surface area contributed by atoms with Gasteiger partial charge in [0.25, 0.3) is 0 Å². The Morgan fingerprint density at radius 2 is 1.36 bits per heavy atom. The van der Waals surface area contributed by atoms with Crippen molar-refractivity contribution in [2.75, 3.05) is 0 Å². The topological polar surface area (TPSA) is 37.3 Å². The minimum Gasteiger partial charge on any atom is -0.507 e. The number of allylic oxidation sites excluding steroid dienone is 1. The zero-order valence-electron chi connectivity index (χ0n) is 22.3. The van der Waals surface area contributed by atoms with E-state index in [9.17, 15) is 9.90 Å².